The van der Waals surface area contributed by atoms with E-state index in [2.05, 4.69) is 19.2 Å². The van der Waals surface area contributed by atoms with Crippen LogP contribution in [-0.4, -0.2) is 47.0 Å². The van der Waals surface area contributed by atoms with E-state index in [-0.39, 0.29) is 23.1 Å². The molecule has 0 spiro atoms. The lowest BCUT2D eigenvalue weighted by Crippen LogP contribution is -2.30. The highest BCUT2D eigenvalue weighted by Gasteiger charge is 2.20. The van der Waals surface area contributed by atoms with E-state index < -0.39 is 4.92 Å². The van der Waals surface area contributed by atoms with E-state index >= 15 is 0 Å². The molecule has 8 heteroatoms. The Morgan fingerprint density at radius 3 is 2.81 bits per heavy atom. The van der Waals surface area contributed by atoms with Gasteiger partial charge in [-0.15, -0.1) is 11.8 Å². The molecule has 2 amide bonds. The first-order valence-electron chi connectivity index (χ1n) is 9.35. The number of nitro benzene ring substituents is 1. The van der Waals surface area contributed by atoms with Gasteiger partial charge in [0.15, 0.2) is 0 Å². The SMILES string of the molecule is CC(C)CCSc1ccc(C(=O)NCCCN2CCCC2=O)cc1[N+](=O)[O-]. The molecule has 1 N–H and O–H groups in total. The highest BCUT2D eigenvalue weighted by atomic mass is 32.2. The second-order valence-corrected chi connectivity index (χ2v) is 8.20. The van der Waals surface area contributed by atoms with Crippen LogP contribution >= 0.6 is 11.8 Å². The van der Waals surface area contributed by atoms with Crippen molar-refractivity contribution >= 4 is 29.3 Å². The minimum Gasteiger partial charge on any atom is -0.352 e. The topological polar surface area (TPSA) is 92.6 Å². The number of hydrogen-bond acceptors (Lipinski definition) is 5. The molecular formula is C19H27N3O4S. The summed E-state index contributed by atoms with van der Waals surface area (Å²) in [5.41, 5.74) is 0.256. The van der Waals surface area contributed by atoms with Gasteiger partial charge in [0.25, 0.3) is 11.6 Å². The van der Waals surface area contributed by atoms with Gasteiger partial charge >= 0.3 is 0 Å². The highest BCUT2D eigenvalue weighted by Crippen LogP contribution is 2.31. The molecule has 1 saturated heterocycles. The first-order chi connectivity index (χ1) is 12.9. The molecule has 1 aromatic rings. The molecule has 1 aliphatic rings. The second kappa shape index (κ2) is 10.3. The Morgan fingerprint density at radius 2 is 2.19 bits per heavy atom. The van der Waals surface area contributed by atoms with E-state index in [1.807, 2.05) is 0 Å². The molecule has 0 atom stereocenters. The molecule has 0 saturated carbocycles. The number of likely N-dealkylation sites (tertiary alicyclic amines) is 1. The third kappa shape index (κ3) is 6.53. The van der Waals surface area contributed by atoms with E-state index in [4.69, 9.17) is 0 Å². The third-order valence-corrected chi connectivity index (χ3v) is 5.53. The number of rotatable bonds is 10. The molecular weight excluding hydrogens is 366 g/mol. The number of benzene rings is 1. The Morgan fingerprint density at radius 1 is 1.41 bits per heavy atom. The molecule has 0 radical (unpaired) electrons. The van der Waals surface area contributed by atoms with Crippen molar-refractivity contribution in [1.29, 1.82) is 0 Å². The van der Waals surface area contributed by atoms with Crippen molar-refractivity contribution < 1.29 is 14.5 Å². The van der Waals surface area contributed by atoms with Crippen LogP contribution in [0.2, 0.25) is 0 Å². The standard InChI is InChI=1S/C19H27N3O4S/c1-14(2)8-12-27-17-7-6-15(13-16(17)22(25)26)19(24)20-9-4-11-21-10-3-5-18(21)23/h6-7,13-14H,3-5,8-12H2,1-2H3,(H,20,24). The van der Waals surface area contributed by atoms with Crippen LogP contribution in [0.5, 0.6) is 0 Å². The Labute approximate surface area is 164 Å². The van der Waals surface area contributed by atoms with E-state index in [9.17, 15) is 19.7 Å². The Hall–Kier alpha value is -2.09. The number of nitro groups is 1. The lowest BCUT2D eigenvalue weighted by atomic mass is 10.2. The third-order valence-electron chi connectivity index (χ3n) is 4.43. The lowest BCUT2D eigenvalue weighted by Gasteiger charge is -2.15. The molecule has 7 nitrogen and oxygen atoms in total. The quantitative estimate of drug-likeness (QED) is 0.284. The van der Waals surface area contributed by atoms with Gasteiger partial charge in [0, 0.05) is 37.7 Å². The van der Waals surface area contributed by atoms with Gasteiger partial charge in [0.05, 0.1) is 9.82 Å². The number of amides is 2. The summed E-state index contributed by atoms with van der Waals surface area (Å²) in [5.74, 6) is 1.18. The maximum atomic E-state index is 12.3. The van der Waals surface area contributed by atoms with E-state index in [1.54, 1.807) is 17.0 Å². The number of thioether (sulfide) groups is 1. The van der Waals surface area contributed by atoms with Gasteiger partial charge in [-0.3, -0.25) is 19.7 Å². The Bertz CT molecular complexity index is 694. The summed E-state index contributed by atoms with van der Waals surface area (Å²) < 4.78 is 0. The van der Waals surface area contributed by atoms with Gasteiger partial charge in [0.2, 0.25) is 5.91 Å². The van der Waals surface area contributed by atoms with Crippen molar-refractivity contribution in [1.82, 2.24) is 10.2 Å². The zero-order valence-corrected chi connectivity index (χ0v) is 16.7. The van der Waals surface area contributed by atoms with Crippen LogP contribution in [0.15, 0.2) is 23.1 Å². The summed E-state index contributed by atoms with van der Waals surface area (Å²) in [6, 6.07) is 4.63. The van der Waals surface area contributed by atoms with E-state index in [1.165, 1.54) is 17.8 Å². The molecule has 27 heavy (non-hydrogen) atoms. The minimum atomic E-state index is -0.437. The Kier molecular flexibility index (Phi) is 8.09. The summed E-state index contributed by atoms with van der Waals surface area (Å²) in [6.45, 7) is 6.07. The van der Waals surface area contributed by atoms with Crippen molar-refractivity contribution in [2.45, 2.75) is 44.4 Å². The summed E-state index contributed by atoms with van der Waals surface area (Å²) in [6.07, 6.45) is 3.15. The van der Waals surface area contributed by atoms with Gasteiger partial charge in [-0.05, 0) is 43.1 Å². The predicted octanol–water partition coefficient (Wildman–Crippen LogP) is 3.48. The molecule has 1 aliphatic heterocycles. The number of nitrogens with one attached hydrogen (secondary N) is 1. The normalized spacial score (nSPS) is 14.0. The maximum Gasteiger partial charge on any atom is 0.283 e. The average Bonchev–Trinajstić information content (AvgIpc) is 3.03. The minimum absolute atomic E-state index is 0.0286. The fourth-order valence-corrected chi connectivity index (χ4v) is 4.10. The largest absolute Gasteiger partial charge is 0.352 e. The number of hydrogen-bond donors (Lipinski definition) is 1. The van der Waals surface area contributed by atoms with E-state index in [0.717, 1.165) is 25.1 Å². The van der Waals surface area contributed by atoms with Crippen LogP contribution in [0.25, 0.3) is 0 Å². The van der Waals surface area contributed by atoms with Crippen LogP contribution in [-0.2, 0) is 4.79 Å². The number of carbonyl (C=O) groups is 2. The summed E-state index contributed by atoms with van der Waals surface area (Å²) in [4.78, 5) is 37.1. The van der Waals surface area contributed by atoms with Gasteiger partial charge in [-0.1, -0.05) is 13.8 Å². The van der Waals surface area contributed by atoms with Crippen molar-refractivity contribution in [2.24, 2.45) is 5.92 Å². The smallest absolute Gasteiger partial charge is 0.283 e. The molecule has 1 fully saturated rings. The molecule has 1 aromatic carbocycles. The Balaban J connectivity index is 1.88. The lowest BCUT2D eigenvalue weighted by molar-refractivity contribution is -0.387. The van der Waals surface area contributed by atoms with Crippen LogP contribution in [0.4, 0.5) is 5.69 Å². The first-order valence-corrected chi connectivity index (χ1v) is 10.3. The molecule has 0 bridgehead atoms. The van der Waals surface area contributed by atoms with E-state index in [0.29, 0.717) is 36.7 Å². The number of carbonyl (C=O) groups excluding carboxylic acids is 2. The van der Waals surface area contributed by atoms with Crippen LogP contribution in [0.1, 0.15) is 49.9 Å². The average molecular weight is 394 g/mol. The zero-order valence-electron chi connectivity index (χ0n) is 15.9. The second-order valence-electron chi connectivity index (χ2n) is 7.06. The molecule has 148 valence electrons. The van der Waals surface area contributed by atoms with Gasteiger partial charge in [-0.2, -0.15) is 0 Å². The maximum absolute atomic E-state index is 12.3. The molecule has 0 unspecified atom stereocenters. The zero-order chi connectivity index (χ0) is 19.8. The molecule has 0 aliphatic carbocycles. The van der Waals surface area contributed by atoms with Crippen LogP contribution < -0.4 is 5.32 Å². The predicted molar refractivity (Wildman–Crippen MR) is 106 cm³/mol. The van der Waals surface area contributed by atoms with Crippen molar-refractivity contribution in [3.8, 4) is 0 Å². The molecule has 1 heterocycles. The van der Waals surface area contributed by atoms with Gasteiger partial charge in [0.1, 0.15) is 0 Å². The highest BCUT2D eigenvalue weighted by molar-refractivity contribution is 7.99. The van der Waals surface area contributed by atoms with Crippen molar-refractivity contribution in [3.63, 3.8) is 0 Å². The fourth-order valence-electron chi connectivity index (χ4n) is 2.84. The first kappa shape index (κ1) is 21.2. The fraction of sp³-hybridized carbons (Fsp3) is 0.579. The van der Waals surface area contributed by atoms with Gasteiger partial charge < -0.3 is 10.2 Å². The van der Waals surface area contributed by atoms with Crippen LogP contribution in [0.3, 0.4) is 0 Å². The van der Waals surface area contributed by atoms with Crippen LogP contribution in [0, 0.1) is 16.0 Å². The number of nitrogens with zero attached hydrogens (tertiary/aromatic N) is 2. The molecule has 2 rings (SSSR count). The van der Waals surface area contributed by atoms with Crippen molar-refractivity contribution in [2.75, 3.05) is 25.4 Å². The molecule has 0 aromatic heterocycles. The van der Waals surface area contributed by atoms with Gasteiger partial charge in [-0.25, -0.2) is 0 Å². The monoisotopic (exact) mass is 393 g/mol. The summed E-state index contributed by atoms with van der Waals surface area (Å²) in [5, 5.41) is 14.1. The summed E-state index contributed by atoms with van der Waals surface area (Å²) in [7, 11) is 0. The summed E-state index contributed by atoms with van der Waals surface area (Å²) >= 11 is 1.45. The van der Waals surface area contributed by atoms with Crippen molar-refractivity contribution in [3.05, 3.63) is 33.9 Å².